The summed E-state index contributed by atoms with van der Waals surface area (Å²) < 4.78 is 4.45. The molecule has 0 radical (unpaired) electrons. The highest BCUT2D eigenvalue weighted by molar-refractivity contribution is 6.05. The summed E-state index contributed by atoms with van der Waals surface area (Å²) in [7, 11) is 1.45. The standard InChI is InChI=1S/C26H28N4O4/c1-16(2)11-30-21-15-28(12-18-9-6-8-17-7-4-5-10-20(17)18)23(25(33)29-13-19(31)14-29)22(21)24(32)27(3)26(30)34/h4-10,15-16,19,31H,11-14H2,1-3H3. The van der Waals surface area contributed by atoms with E-state index in [1.165, 1.54) is 11.9 Å². The van der Waals surface area contributed by atoms with Gasteiger partial charge in [0.05, 0.1) is 17.0 Å². The maximum absolute atomic E-state index is 13.6. The van der Waals surface area contributed by atoms with Crippen LogP contribution in [0.2, 0.25) is 0 Å². The lowest BCUT2D eigenvalue weighted by Gasteiger charge is -2.36. The Balaban J connectivity index is 1.77. The van der Waals surface area contributed by atoms with E-state index in [0.29, 0.717) is 18.6 Å². The van der Waals surface area contributed by atoms with Crippen LogP contribution in [0.4, 0.5) is 0 Å². The molecule has 0 bridgehead atoms. The highest BCUT2D eigenvalue weighted by Crippen LogP contribution is 2.26. The lowest BCUT2D eigenvalue weighted by atomic mass is 10.0. The van der Waals surface area contributed by atoms with Gasteiger partial charge >= 0.3 is 5.69 Å². The van der Waals surface area contributed by atoms with Gasteiger partial charge in [-0.3, -0.25) is 18.7 Å². The number of fused-ring (bicyclic) bond motifs is 2. The van der Waals surface area contributed by atoms with Gasteiger partial charge in [0.25, 0.3) is 11.5 Å². The van der Waals surface area contributed by atoms with Gasteiger partial charge in [0.1, 0.15) is 5.69 Å². The molecule has 2 aromatic heterocycles. The average molecular weight is 461 g/mol. The Morgan fingerprint density at radius 2 is 1.79 bits per heavy atom. The number of nitrogens with zero attached hydrogens (tertiary/aromatic N) is 4. The van der Waals surface area contributed by atoms with Crippen molar-refractivity contribution in [2.24, 2.45) is 13.0 Å². The predicted octanol–water partition coefficient (Wildman–Crippen LogP) is 2.18. The number of amides is 1. The minimum Gasteiger partial charge on any atom is -0.389 e. The van der Waals surface area contributed by atoms with E-state index in [9.17, 15) is 19.5 Å². The average Bonchev–Trinajstić information content (AvgIpc) is 3.17. The number of β-amino-alcohol motifs (C(OH)–C–C–N with tert-alkyl or cyclic N) is 1. The van der Waals surface area contributed by atoms with Gasteiger partial charge in [-0.05, 0) is 22.3 Å². The molecule has 8 heteroatoms. The number of aliphatic hydroxyl groups excluding tert-OH is 1. The molecule has 1 N–H and O–H groups in total. The SMILES string of the molecule is CC(C)Cn1c(=O)n(C)c(=O)c2c(C(=O)N3CC(O)C3)n(Cc3cccc4ccccc34)cc21. The molecule has 0 saturated carbocycles. The predicted molar refractivity (Wildman–Crippen MR) is 131 cm³/mol. The summed E-state index contributed by atoms with van der Waals surface area (Å²) >= 11 is 0. The molecule has 1 aliphatic heterocycles. The molecule has 4 aromatic rings. The number of hydrogen-bond donors (Lipinski definition) is 1. The Labute approximate surface area is 196 Å². The zero-order valence-electron chi connectivity index (χ0n) is 19.6. The lowest BCUT2D eigenvalue weighted by Crippen LogP contribution is -2.54. The van der Waals surface area contributed by atoms with E-state index in [1.54, 1.807) is 15.3 Å². The van der Waals surface area contributed by atoms with Gasteiger partial charge in [-0.2, -0.15) is 0 Å². The first kappa shape index (κ1) is 22.2. The fourth-order valence-corrected chi connectivity index (χ4v) is 4.78. The summed E-state index contributed by atoms with van der Waals surface area (Å²) in [6, 6.07) is 14.0. The molecule has 3 heterocycles. The quantitative estimate of drug-likeness (QED) is 0.494. The van der Waals surface area contributed by atoms with Crippen LogP contribution in [0.15, 0.2) is 58.3 Å². The lowest BCUT2D eigenvalue weighted by molar-refractivity contribution is 0.00535. The van der Waals surface area contributed by atoms with E-state index < -0.39 is 17.4 Å². The van der Waals surface area contributed by atoms with Crippen LogP contribution >= 0.6 is 0 Å². The molecule has 34 heavy (non-hydrogen) atoms. The van der Waals surface area contributed by atoms with Crippen LogP contribution in [-0.4, -0.2) is 48.8 Å². The van der Waals surface area contributed by atoms with Gasteiger partial charge in [0.15, 0.2) is 0 Å². The van der Waals surface area contributed by atoms with E-state index >= 15 is 0 Å². The highest BCUT2D eigenvalue weighted by atomic mass is 16.3. The number of likely N-dealkylation sites (tertiary alicyclic amines) is 1. The van der Waals surface area contributed by atoms with E-state index in [4.69, 9.17) is 0 Å². The highest BCUT2D eigenvalue weighted by Gasteiger charge is 2.34. The molecular weight excluding hydrogens is 432 g/mol. The Bertz CT molecular complexity index is 1530. The summed E-state index contributed by atoms with van der Waals surface area (Å²) in [4.78, 5) is 41.4. The Kier molecular flexibility index (Phi) is 5.40. The topological polar surface area (TPSA) is 89.5 Å². The molecule has 1 aliphatic rings. The van der Waals surface area contributed by atoms with Gasteiger partial charge < -0.3 is 14.6 Å². The summed E-state index contributed by atoms with van der Waals surface area (Å²) in [5.74, 6) is -0.142. The second-order valence-corrected chi connectivity index (χ2v) is 9.52. The minimum atomic E-state index is -0.557. The summed E-state index contributed by atoms with van der Waals surface area (Å²) in [6.07, 6.45) is 1.20. The minimum absolute atomic E-state index is 0.171. The van der Waals surface area contributed by atoms with E-state index in [2.05, 4.69) is 0 Å². The number of aliphatic hydroxyl groups is 1. The van der Waals surface area contributed by atoms with Gasteiger partial charge in [-0.1, -0.05) is 56.3 Å². The second-order valence-electron chi connectivity index (χ2n) is 9.52. The number of aromatic nitrogens is 3. The van der Waals surface area contributed by atoms with Crippen molar-refractivity contribution in [1.29, 1.82) is 0 Å². The van der Waals surface area contributed by atoms with Crippen molar-refractivity contribution < 1.29 is 9.90 Å². The van der Waals surface area contributed by atoms with E-state index in [1.807, 2.05) is 56.3 Å². The molecule has 8 nitrogen and oxygen atoms in total. The van der Waals surface area contributed by atoms with Crippen LogP contribution in [0.25, 0.3) is 21.7 Å². The maximum atomic E-state index is 13.6. The van der Waals surface area contributed by atoms with Crippen LogP contribution in [0.3, 0.4) is 0 Å². The molecule has 0 unspecified atom stereocenters. The van der Waals surface area contributed by atoms with Gasteiger partial charge in [-0.15, -0.1) is 0 Å². The van der Waals surface area contributed by atoms with E-state index in [0.717, 1.165) is 20.9 Å². The second kappa shape index (κ2) is 8.29. The molecule has 1 saturated heterocycles. The van der Waals surface area contributed by atoms with Crippen molar-refractivity contribution in [2.45, 2.75) is 33.0 Å². The van der Waals surface area contributed by atoms with Crippen molar-refractivity contribution in [3.63, 3.8) is 0 Å². The van der Waals surface area contributed by atoms with Crippen LogP contribution in [0.5, 0.6) is 0 Å². The van der Waals surface area contributed by atoms with Gasteiger partial charge in [0, 0.05) is 39.4 Å². The van der Waals surface area contributed by atoms with Crippen molar-refractivity contribution in [2.75, 3.05) is 13.1 Å². The summed E-state index contributed by atoms with van der Waals surface area (Å²) in [5, 5.41) is 12.2. The van der Waals surface area contributed by atoms with E-state index in [-0.39, 0.29) is 36.0 Å². The number of hydrogen-bond acceptors (Lipinski definition) is 4. The number of carbonyl (C=O) groups excluding carboxylic acids is 1. The fourth-order valence-electron chi connectivity index (χ4n) is 4.78. The van der Waals surface area contributed by atoms with Crippen molar-refractivity contribution in [1.82, 2.24) is 18.6 Å². The Hall–Kier alpha value is -3.65. The first-order valence-electron chi connectivity index (χ1n) is 11.5. The third-order valence-corrected chi connectivity index (χ3v) is 6.51. The van der Waals surface area contributed by atoms with Gasteiger partial charge in [-0.25, -0.2) is 4.79 Å². The third kappa shape index (κ3) is 3.54. The van der Waals surface area contributed by atoms with Crippen LogP contribution in [0, 0.1) is 5.92 Å². The maximum Gasteiger partial charge on any atom is 0.331 e. The van der Waals surface area contributed by atoms with Gasteiger partial charge in [0.2, 0.25) is 0 Å². The first-order chi connectivity index (χ1) is 16.3. The zero-order chi connectivity index (χ0) is 24.1. The van der Waals surface area contributed by atoms with Crippen LogP contribution in [-0.2, 0) is 20.1 Å². The van der Waals surface area contributed by atoms with Crippen LogP contribution in [0.1, 0.15) is 29.9 Å². The fraction of sp³-hybridized carbons (Fsp3) is 0.346. The summed E-state index contributed by atoms with van der Waals surface area (Å²) in [6.45, 7) is 5.26. The van der Waals surface area contributed by atoms with Crippen molar-refractivity contribution in [3.8, 4) is 0 Å². The molecule has 1 fully saturated rings. The monoisotopic (exact) mass is 460 g/mol. The Morgan fingerprint density at radius 3 is 2.50 bits per heavy atom. The number of rotatable bonds is 5. The zero-order valence-corrected chi connectivity index (χ0v) is 19.6. The molecule has 176 valence electrons. The van der Waals surface area contributed by atoms with Crippen molar-refractivity contribution in [3.05, 3.63) is 80.8 Å². The number of benzene rings is 2. The molecule has 0 aliphatic carbocycles. The number of carbonyl (C=O) groups is 1. The van der Waals surface area contributed by atoms with Crippen molar-refractivity contribution >= 4 is 27.6 Å². The molecule has 5 rings (SSSR count). The molecule has 2 aromatic carbocycles. The third-order valence-electron chi connectivity index (χ3n) is 6.51. The smallest absolute Gasteiger partial charge is 0.331 e. The Morgan fingerprint density at radius 1 is 1.09 bits per heavy atom. The molecule has 0 atom stereocenters. The normalized spacial score (nSPS) is 14.3. The molecule has 1 amide bonds. The first-order valence-corrected chi connectivity index (χ1v) is 11.5. The molecule has 0 spiro atoms. The molecular formula is C26H28N4O4. The largest absolute Gasteiger partial charge is 0.389 e. The summed E-state index contributed by atoms with van der Waals surface area (Å²) in [5.41, 5.74) is 0.845. The van der Waals surface area contributed by atoms with Crippen LogP contribution < -0.4 is 11.2 Å².